The Hall–Kier alpha value is -1.08. The molecule has 15 heavy (non-hydrogen) atoms. The Morgan fingerprint density at radius 3 is 2.67 bits per heavy atom. The normalized spacial score (nSPS) is 19.0. The second kappa shape index (κ2) is 4.19. The van der Waals surface area contributed by atoms with Crippen LogP contribution in [0.15, 0.2) is 29.8 Å². The first kappa shape index (κ1) is 10.4. The highest BCUT2D eigenvalue weighted by atomic mass is 14.6. The Bertz CT molecular complexity index is 373. The highest BCUT2D eigenvalue weighted by Crippen LogP contribution is 2.42. The van der Waals surface area contributed by atoms with Crippen LogP contribution in [0, 0.1) is 0 Å². The number of hydrogen-bond donors (Lipinski definition) is 1. The summed E-state index contributed by atoms with van der Waals surface area (Å²) in [5, 5.41) is 0. The first-order valence-corrected chi connectivity index (χ1v) is 5.71. The smallest absolute Gasteiger partial charge is 0.0225 e. The molecule has 1 unspecified atom stereocenters. The molecule has 0 radical (unpaired) electrons. The average molecular weight is 201 g/mol. The third kappa shape index (κ3) is 2.48. The van der Waals surface area contributed by atoms with E-state index in [1.54, 1.807) is 0 Å². The fourth-order valence-electron chi connectivity index (χ4n) is 1.79. The summed E-state index contributed by atoms with van der Waals surface area (Å²) in [4.78, 5) is 0. The molecular weight excluding hydrogens is 182 g/mol. The minimum Gasteiger partial charge on any atom is -0.324 e. The molecule has 0 aliphatic heterocycles. The van der Waals surface area contributed by atoms with Crippen molar-refractivity contribution in [2.24, 2.45) is 5.73 Å². The molecule has 1 fully saturated rings. The van der Waals surface area contributed by atoms with Gasteiger partial charge in [-0.25, -0.2) is 0 Å². The molecule has 0 amide bonds. The van der Waals surface area contributed by atoms with Gasteiger partial charge in [0.05, 0.1) is 0 Å². The van der Waals surface area contributed by atoms with Gasteiger partial charge in [0.25, 0.3) is 0 Å². The summed E-state index contributed by atoms with van der Waals surface area (Å²) in [6, 6.07) is 8.83. The summed E-state index contributed by atoms with van der Waals surface area (Å²) >= 11 is 0. The minimum atomic E-state index is 0.150. The molecule has 0 saturated heterocycles. The molecule has 1 aromatic rings. The summed E-state index contributed by atoms with van der Waals surface area (Å²) in [6.45, 7) is 4.14. The van der Waals surface area contributed by atoms with E-state index in [1.165, 1.54) is 29.5 Å². The Morgan fingerprint density at radius 2 is 2.07 bits per heavy atom. The predicted octanol–water partition coefficient (Wildman–Crippen LogP) is 3.31. The van der Waals surface area contributed by atoms with E-state index in [4.69, 9.17) is 5.73 Å². The van der Waals surface area contributed by atoms with Gasteiger partial charge in [0.2, 0.25) is 0 Å². The van der Waals surface area contributed by atoms with Crippen molar-refractivity contribution in [1.82, 2.24) is 0 Å². The van der Waals surface area contributed by atoms with Gasteiger partial charge in [-0.1, -0.05) is 35.9 Å². The number of benzene rings is 1. The second-order valence-corrected chi connectivity index (χ2v) is 4.58. The fraction of sp³-hybridized carbons (Fsp3) is 0.429. The molecule has 1 saturated carbocycles. The van der Waals surface area contributed by atoms with Crippen LogP contribution >= 0.6 is 0 Å². The van der Waals surface area contributed by atoms with E-state index < -0.39 is 0 Å². The summed E-state index contributed by atoms with van der Waals surface area (Å²) in [6.07, 6.45) is 4.93. The van der Waals surface area contributed by atoms with Crippen LogP contribution in [0.1, 0.15) is 43.7 Å². The van der Waals surface area contributed by atoms with E-state index in [2.05, 4.69) is 37.3 Å². The van der Waals surface area contributed by atoms with Gasteiger partial charge >= 0.3 is 0 Å². The number of nitrogens with two attached hydrogens (primary N) is 1. The second-order valence-electron chi connectivity index (χ2n) is 4.58. The van der Waals surface area contributed by atoms with Gasteiger partial charge < -0.3 is 5.73 Å². The molecule has 1 aliphatic rings. The van der Waals surface area contributed by atoms with Crippen molar-refractivity contribution in [2.75, 3.05) is 0 Å². The van der Waals surface area contributed by atoms with Crippen molar-refractivity contribution in [3.63, 3.8) is 0 Å². The largest absolute Gasteiger partial charge is 0.324 e. The third-order valence-corrected chi connectivity index (χ3v) is 3.11. The fourth-order valence-corrected chi connectivity index (χ4v) is 1.79. The van der Waals surface area contributed by atoms with Gasteiger partial charge in [0.1, 0.15) is 0 Å². The maximum Gasteiger partial charge on any atom is 0.0225 e. The van der Waals surface area contributed by atoms with Crippen molar-refractivity contribution in [3.05, 3.63) is 41.0 Å². The Balaban J connectivity index is 2.31. The van der Waals surface area contributed by atoms with Gasteiger partial charge in [-0.05, 0) is 43.7 Å². The zero-order valence-electron chi connectivity index (χ0n) is 9.53. The zero-order chi connectivity index (χ0) is 10.8. The molecule has 2 rings (SSSR count). The zero-order valence-corrected chi connectivity index (χ0v) is 9.53. The summed E-state index contributed by atoms with van der Waals surface area (Å²) in [5.74, 6) is 0.804. The third-order valence-electron chi connectivity index (χ3n) is 3.11. The maximum absolute atomic E-state index is 5.86. The molecule has 2 N–H and O–H groups in total. The molecule has 1 nitrogen and oxygen atoms in total. The minimum absolute atomic E-state index is 0.150. The monoisotopic (exact) mass is 201 g/mol. The molecule has 1 aromatic carbocycles. The lowest BCUT2D eigenvalue weighted by Crippen LogP contribution is -2.15. The van der Waals surface area contributed by atoms with Crippen molar-refractivity contribution in [2.45, 2.75) is 38.6 Å². The lowest BCUT2D eigenvalue weighted by molar-refractivity contribution is 0.867. The van der Waals surface area contributed by atoms with Gasteiger partial charge in [0.15, 0.2) is 0 Å². The van der Waals surface area contributed by atoms with Crippen molar-refractivity contribution in [3.8, 4) is 0 Å². The van der Waals surface area contributed by atoms with Crippen LogP contribution in [0.5, 0.6) is 0 Å². The lowest BCUT2D eigenvalue weighted by atomic mass is 10.00. The molecule has 1 atom stereocenters. The first-order chi connectivity index (χ1) is 7.18. The van der Waals surface area contributed by atoms with Gasteiger partial charge in [-0.15, -0.1) is 0 Å². The predicted molar refractivity (Wildman–Crippen MR) is 65.7 cm³/mol. The molecule has 0 spiro atoms. The van der Waals surface area contributed by atoms with Crippen LogP contribution in [-0.4, -0.2) is 6.04 Å². The summed E-state index contributed by atoms with van der Waals surface area (Å²) < 4.78 is 0. The Labute approximate surface area is 92.0 Å². The van der Waals surface area contributed by atoms with E-state index in [9.17, 15) is 0 Å². The Morgan fingerprint density at radius 1 is 1.40 bits per heavy atom. The quantitative estimate of drug-likeness (QED) is 0.797. The molecular formula is C14H19N. The van der Waals surface area contributed by atoms with Crippen molar-refractivity contribution >= 4 is 6.08 Å². The van der Waals surface area contributed by atoms with Crippen LogP contribution in [0.25, 0.3) is 6.08 Å². The van der Waals surface area contributed by atoms with E-state index in [0.29, 0.717) is 0 Å². The van der Waals surface area contributed by atoms with Gasteiger partial charge in [-0.3, -0.25) is 0 Å². The molecule has 1 heteroatoms. The summed E-state index contributed by atoms with van der Waals surface area (Å²) in [7, 11) is 0. The van der Waals surface area contributed by atoms with Crippen LogP contribution in [0.4, 0.5) is 0 Å². The van der Waals surface area contributed by atoms with Crippen LogP contribution < -0.4 is 5.73 Å². The molecule has 80 valence electrons. The SMILES string of the molecule is C/C(=C\c1ccccc1C1CC1)C(C)N. The first-order valence-electron chi connectivity index (χ1n) is 5.71. The van der Waals surface area contributed by atoms with E-state index in [0.717, 1.165) is 5.92 Å². The van der Waals surface area contributed by atoms with Crippen molar-refractivity contribution in [1.29, 1.82) is 0 Å². The van der Waals surface area contributed by atoms with Crippen LogP contribution in [0.3, 0.4) is 0 Å². The highest BCUT2D eigenvalue weighted by molar-refractivity contribution is 5.58. The molecule has 0 heterocycles. The van der Waals surface area contributed by atoms with E-state index in [1.807, 2.05) is 6.92 Å². The van der Waals surface area contributed by atoms with E-state index in [-0.39, 0.29) is 6.04 Å². The standard InChI is InChI=1S/C14H19N/c1-10(11(2)15)9-13-5-3-4-6-14(13)12-7-8-12/h3-6,9,11-12H,7-8,15H2,1-2H3/b10-9+. The van der Waals surface area contributed by atoms with Crippen LogP contribution in [0.2, 0.25) is 0 Å². The lowest BCUT2D eigenvalue weighted by Gasteiger charge is -2.08. The molecule has 0 bridgehead atoms. The van der Waals surface area contributed by atoms with Crippen LogP contribution in [-0.2, 0) is 0 Å². The van der Waals surface area contributed by atoms with Gasteiger partial charge in [0, 0.05) is 6.04 Å². The van der Waals surface area contributed by atoms with Crippen molar-refractivity contribution < 1.29 is 0 Å². The summed E-state index contributed by atoms with van der Waals surface area (Å²) in [5.41, 5.74) is 9.96. The highest BCUT2D eigenvalue weighted by Gasteiger charge is 2.24. The van der Waals surface area contributed by atoms with Gasteiger partial charge in [-0.2, -0.15) is 0 Å². The molecule has 1 aliphatic carbocycles. The Kier molecular flexibility index (Phi) is 2.92. The number of hydrogen-bond acceptors (Lipinski definition) is 1. The average Bonchev–Trinajstić information content (AvgIpc) is 3.02. The number of rotatable bonds is 3. The van der Waals surface area contributed by atoms with E-state index >= 15 is 0 Å². The molecule has 0 aromatic heterocycles. The maximum atomic E-state index is 5.86. The topological polar surface area (TPSA) is 26.0 Å².